The number of hydrogen-bond donors (Lipinski definition) is 0. The second-order valence-corrected chi connectivity index (χ2v) is 3.67. The first kappa shape index (κ1) is 13.0. The quantitative estimate of drug-likeness (QED) is 0.732. The molecule has 90 valence electrons. The lowest BCUT2D eigenvalue weighted by Crippen LogP contribution is -2.27. The number of nitrogens with zero attached hydrogens (tertiary/aromatic N) is 4. The summed E-state index contributed by atoms with van der Waals surface area (Å²) in [7, 11) is 3.03. The molecule has 0 aliphatic heterocycles. The summed E-state index contributed by atoms with van der Waals surface area (Å²) >= 11 is 3.38. The van der Waals surface area contributed by atoms with E-state index in [0.717, 1.165) is 18.4 Å². The molecule has 0 saturated carbocycles. The molecule has 0 atom stereocenters. The van der Waals surface area contributed by atoms with Crippen LogP contribution in [-0.2, 0) is 0 Å². The van der Waals surface area contributed by atoms with Gasteiger partial charge in [0.05, 0.1) is 14.2 Å². The number of halogens is 1. The predicted molar refractivity (Wildman–Crippen MR) is 64.6 cm³/mol. The lowest BCUT2D eigenvalue weighted by atomic mass is 10.5. The van der Waals surface area contributed by atoms with Gasteiger partial charge in [-0.3, -0.25) is 0 Å². The average molecular weight is 291 g/mol. The summed E-state index contributed by atoms with van der Waals surface area (Å²) in [5, 5.41) is 0.844. The van der Waals surface area contributed by atoms with E-state index in [-0.39, 0.29) is 12.0 Å². The molecule has 0 aromatic carbocycles. The van der Waals surface area contributed by atoms with Crippen LogP contribution in [0.2, 0.25) is 0 Å². The summed E-state index contributed by atoms with van der Waals surface area (Å²) < 4.78 is 9.98. The topological polar surface area (TPSA) is 60.4 Å². The summed E-state index contributed by atoms with van der Waals surface area (Å²) in [4.78, 5) is 14.3. The zero-order chi connectivity index (χ0) is 12.0. The van der Waals surface area contributed by atoms with Crippen LogP contribution in [0.25, 0.3) is 0 Å². The van der Waals surface area contributed by atoms with Crippen LogP contribution in [0.4, 0.5) is 5.95 Å². The fourth-order valence-electron chi connectivity index (χ4n) is 1.15. The first-order valence-electron chi connectivity index (χ1n) is 4.90. The van der Waals surface area contributed by atoms with E-state index >= 15 is 0 Å². The molecule has 1 heterocycles. The Morgan fingerprint density at radius 1 is 1.12 bits per heavy atom. The van der Waals surface area contributed by atoms with Gasteiger partial charge < -0.3 is 14.4 Å². The van der Waals surface area contributed by atoms with Crippen molar-refractivity contribution >= 4 is 21.9 Å². The monoisotopic (exact) mass is 290 g/mol. The van der Waals surface area contributed by atoms with E-state index in [1.165, 1.54) is 14.2 Å². The molecule has 0 aliphatic rings. The zero-order valence-electron chi connectivity index (χ0n) is 9.60. The third-order valence-electron chi connectivity index (χ3n) is 1.97. The molecule has 0 bridgehead atoms. The molecule has 0 fully saturated rings. The lowest BCUT2D eigenvalue weighted by Gasteiger charge is -2.19. The lowest BCUT2D eigenvalue weighted by molar-refractivity contribution is 0.340. The summed E-state index contributed by atoms with van der Waals surface area (Å²) in [5.41, 5.74) is 0. The Balaban J connectivity index is 3.00. The normalized spacial score (nSPS) is 10.0. The highest BCUT2D eigenvalue weighted by Gasteiger charge is 2.12. The fourth-order valence-corrected chi connectivity index (χ4v) is 1.58. The number of alkyl halides is 1. The Morgan fingerprint density at radius 2 is 1.69 bits per heavy atom. The maximum atomic E-state index is 4.99. The van der Waals surface area contributed by atoms with E-state index in [4.69, 9.17) is 9.47 Å². The number of hydrogen-bond acceptors (Lipinski definition) is 6. The maximum Gasteiger partial charge on any atom is 0.324 e. The van der Waals surface area contributed by atoms with Gasteiger partial charge in [0.2, 0.25) is 5.95 Å². The minimum atomic E-state index is 0.259. The molecule has 0 spiro atoms. The Kier molecular flexibility index (Phi) is 5.24. The molecule has 0 radical (unpaired) electrons. The van der Waals surface area contributed by atoms with Crippen molar-refractivity contribution in [3.63, 3.8) is 0 Å². The minimum Gasteiger partial charge on any atom is -0.467 e. The van der Waals surface area contributed by atoms with Crippen LogP contribution >= 0.6 is 15.9 Å². The molecule has 0 aliphatic carbocycles. The largest absolute Gasteiger partial charge is 0.467 e. The van der Waals surface area contributed by atoms with Crippen LogP contribution in [-0.4, -0.2) is 47.6 Å². The molecule has 1 aromatic rings. The van der Waals surface area contributed by atoms with E-state index in [1.807, 2.05) is 11.8 Å². The maximum absolute atomic E-state index is 4.99. The molecular formula is C9H15BrN4O2. The van der Waals surface area contributed by atoms with Gasteiger partial charge in [0, 0.05) is 18.4 Å². The average Bonchev–Trinajstić information content (AvgIpc) is 2.35. The molecule has 0 saturated heterocycles. The fraction of sp³-hybridized carbons (Fsp3) is 0.667. The summed E-state index contributed by atoms with van der Waals surface area (Å²) in [6.45, 7) is 3.65. The van der Waals surface area contributed by atoms with Crippen LogP contribution in [0.5, 0.6) is 12.0 Å². The van der Waals surface area contributed by atoms with Crippen molar-refractivity contribution in [2.75, 3.05) is 37.5 Å². The molecule has 16 heavy (non-hydrogen) atoms. The minimum absolute atomic E-state index is 0.259. The van der Waals surface area contributed by atoms with Gasteiger partial charge in [-0.25, -0.2) is 0 Å². The van der Waals surface area contributed by atoms with Crippen LogP contribution in [0.3, 0.4) is 0 Å². The highest BCUT2D eigenvalue weighted by atomic mass is 79.9. The van der Waals surface area contributed by atoms with Crippen LogP contribution in [0.1, 0.15) is 6.92 Å². The first-order valence-corrected chi connectivity index (χ1v) is 6.02. The summed E-state index contributed by atoms with van der Waals surface area (Å²) in [6.07, 6.45) is 0. The third kappa shape index (κ3) is 3.19. The van der Waals surface area contributed by atoms with Crippen molar-refractivity contribution in [2.45, 2.75) is 6.92 Å². The van der Waals surface area contributed by atoms with Crippen LogP contribution in [0.15, 0.2) is 0 Å². The Hall–Kier alpha value is -1.11. The predicted octanol–water partition coefficient (Wildman–Crippen LogP) is 1.11. The first-order chi connectivity index (χ1) is 7.74. The van der Waals surface area contributed by atoms with Gasteiger partial charge in [0.1, 0.15) is 0 Å². The van der Waals surface area contributed by atoms with E-state index in [9.17, 15) is 0 Å². The standard InChI is InChI=1S/C9H15BrN4O2/c1-4-14(6-5-10)7-11-8(15-2)13-9(12-7)16-3/h4-6H2,1-3H3. The zero-order valence-corrected chi connectivity index (χ0v) is 11.2. The van der Waals surface area contributed by atoms with Crippen molar-refractivity contribution in [3.8, 4) is 12.0 Å². The van der Waals surface area contributed by atoms with Crippen LogP contribution in [0, 0.1) is 0 Å². The Bertz CT molecular complexity index is 315. The molecule has 7 heteroatoms. The van der Waals surface area contributed by atoms with Gasteiger partial charge in [0.25, 0.3) is 0 Å². The number of ether oxygens (including phenoxy) is 2. The van der Waals surface area contributed by atoms with Gasteiger partial charge in [-0.05, 0) is 6.92 Å². The van der Waals surface area contributed by atoms with E-state index in [0.29, 0.717) is 5.95 Å². The number of anilines is 1. The van der Waals surface area contributed by atoms with Crippen molar-refractivity contribution in [2.24, 2.45) is 0 Å². The van der Waals surface area contributed by atoms with Crippen molar-refractivity contribution in [1.82, 2.24) is 15.0 Å². The molecular weight excluding hydrogens is 276 g/mol. The van der Waals surface area contributed by atoms with E-state index in [2.05, 4.69) is 30.9 Å². The highest BCUT2D eigenvalue weighted by Crippen LogP contribution is 2.15. The number of methoxy groups -OCH3 is 2. The van der Waals surface area contributed by atoms with E-state index in [1.54, 1.807) is 0 Å². The SMILES string of the molecule is CCN(CCBr)c1nc(OC)nc(OC)n1. The van der Waals surface area contributed by atoms with Gasteiger partial charge in [-0.15, -0.1) is 4.98 Å². The van der Waals surface area contributed by atoms with Gasteiger partial charge in [-0.1, -0.05) is 15.9 Å². The molecule has 1 rings (SSSR count). The molecule has 0 amide bonds. The van der Waals surface area contributed by atoms with Gasteiger partial charge in [0.15, 0.2) is 0 Å². The highest BCUT2D eigenvalue weighted by molar-refractivity contribution is 9.09. The smallest absolute Gasteiger partial charge is 0.324 e. The molecule has 0 N–H and O–H groups in total. The molecule has 1 aromatic heterocycles. The second kappa shape index (κ2) is 6.47. The second-order valence-electron chi connectivity index (χ2n) is 2.88. The van der Waals surface area contributed by atoms with Crippen molar-refractivity contribution in [1.29, 1.82) is 0 Å². The number of aromatic nitrogens is 3. The molecule has 0 unspecified atom stereocenters. The van der Waals surface area contributed by atoms with Crippen LogP contribution < -0.4 is 14.4 Å². The van der Waals surface area contributed by atoms with Crippen molar-refractivity contribution in [3.05, 3.63) is 0 Å². The van der Waals surface area contributed by atoms with E-state index < -0.39 is 0 Å². The Labute approximate surface area is 103 Å². The van der Waals surface area contributed by atoms with Gasteiger partial charge in [-0.2, -0.15) is 9.97 Å². The summed E-state index contributed by atoms with van der Waals surface area (Å²) in [6, 6.07) is 0.518. The summed E-state index contributed by atoms with van der Waals surface area (Å²) in [5.74, 6) is 0.561. The van der Waals surface area contributed by atoms with Gasteiger partial charge >= 0.3 is 12.0 Å². The van der Waals surface area contributed by atoms with Crippen molar-refractivity contribution < 1.29 is 9.47 Å². The third-order valence-corrected chi connectivity index (χ3v) is 2.32. The number of rotatable bonds is 6. The molecule has 6 nitrogen and oxygen atoms in total. The Morgan fingerprint density at radius 3 is 2.06 bits per heavy atom.